The molecule has 1 aliphatic carbocycles. The van der Waals surface area contributed by atoms with Gasteiger partial charge in [-0.05, 0) is 30.0 Å². The Morgan fingerprint density at radius 2 is 1.86 bits per heavy atom. The van der Waals surface area contributed by atoms with Crippen LogP contribution in [0.1, 0.15) is 65.1 Å². The molecule has 2 rings (SSSR count). The van der Waals surface area contributed by atoms with Crippen molar-refractivity contribution in [3.8, 4) is 12.3 Å². The standard InChI is InChI=1S/C15H20N2.2C2H6/c1-3-7-12-13-8-5-6-9-14(13)17-15(12)11-16-10-4-2;2*1-2/h2,8-9,16-17H,3,5-7,10-11H2,1H3;2*1-2H3. The van der Waals surface area contributed by atoms with Crippen LogP contribution in [0, 0.1) is 12.3 Å². The van der Waals surface area contributed by atoms with Crippen molar-refractivity contribution in [2.45, 2.75) is 66.8 Å². The van der Waals surface area contributed by atoms with Crippen molar-refractivity contribution in [2.75, 3.05) is 6.54 Å². The highest BCUT2D eigenvalue weighted by Crippen LogP contribution is 2.05. The van der Waals surface area contributed by atoms with E-state index in [1.807, 2.05) is 27.7 Å². The molecule has 0 fully saturated rings. The van der Waals surface area contributed by atoms with E-state index in [1.54, 1.807) is 0 Å². The third kappa shape index (κ3) is 5.81. The number of hydrogen-bond acceptors (Lipinski definition) is 1. The summed E-state index contributed by atoms with van der Waals surface area (Å²) >= 11 is 0. The molecule has 2 heteroatoms. The number of aromatic amines is 1. The van der Waals surface area contributed by atoms with Crippen LogP contribution < -0.4 is 15.9 Å². The summed E-state index contributed by atoms with van der Waals surface area (Å²) < 4.78 is 0. The van der Waals surface area contributed by atoms with Crippen LogP contribution in [-0.4, -0.2) is 11.5 Å². The van der Waals surface area contributed by atoms with Gasteiger partial charge in [-0.2, -0.15) is 0 Å². The summed E-state index contributed by atoms with van der Waals surface area (Å²) in [6.07, 6.45) is 14.6. The maximum atomic E-state index is 5.25. The lowest BCUT2D eigenvalue weighted by Gasteiger charge is -2.03. The van der Waals surface area contributed by atoms with Gasteiger partial charge in [0.15, 0.2) is 0 Å². The monoisotopic (exact) mass is 288 g/mol. The normalized spacial score (nSPS) is 11.4. The lowest BCUT2D eigenvalue weighted by atomic mass is 10.0. The third-order valence-corrected chi connectivity index (χ3v) is 3.16. The highest BCUT2D eigenvalue weighted by Gasteiger charge is 2.09. The highest BCUT2D eigenvalue weighted by atomic mass is 14.9. The number of fused-ring (bicyclic) bond motifs is 1. The zero-order chi connectivity index (χ0) is 16.1. The molecule has 0 amide bonds. The van der Waals surface area contributed by atoms with E-state index in [-0.39, 0.29) is 0 Å². The average molecular weight is 288 g/mol. The molecule has 0 saturated heterocycles. The quantitative estimate of drug-likeness (QED) is 0.632. The van der Waals surface area contributed by atoms with Gasteiger partial charge in [0.1, 0.15) is 0 Å². The predicted octanol–water partition coefficient (Wildman–Crippen LogP) is 3.10. The van der Waals surface area contributed by atoms with E-state index < -0.39 is 0 Å². The minimum Gasteiger partial charge on any atom is -0.357 e. The summed E-state index contributed by atoms with van der Waals surface area (Å²) in [6, 6.07) is 0. The van der Waals surface area contributed by atoms with E-state index in [1.165, 1.54) is 34.7 Å². The van der Waals surface area contributed by atoms with Gasteiger partial charge in [-0.15, -0.1) is 6.42 Å². The Kier molecular flexibility index (Phi) is 11.4. The molecule has 21 heavy (non-hydrogen) atoms. The van der Waals surface area contributed by atoms with Crippen molar-refractivity contribution in [3.63, 3.8) is 0 Å². The van der Waals surface area contributed by atoms with E-state index in [9.17, 15) is 0 Å². The number of terminal acetylenes is 1. The van der Waals surface area contributed by atoms with Gasteiger partial charge in [-0.1, -0.05) is 59.1 Å². The van der Waals surface area contributed by atoms with E-state index in [0.29, 0.717) is 6.54 Å². The molecule has 0 aliphatic heterocycles. The molecule has 118 valence electrons. The van der Waals surface area contributed by atoms with Gasteiger partial charge >= 0.3 is 0 Å². The van der Waals surface area contributed by atoms with Crippen LogP contribution in [0.25, 0.3) is 12.2 Å². The third-order valence-electron chi connectivity index (χ3n) is 3.16. The molecule has 2 N–H and O–H groups in total. The molecule has 0 unspecified atom stereocenters. The van der Waals surface area contributed by atoms with E-state index in [4.69, 9.17) is 6.42 Å². The van der Waals surface area contributed by atoms with Crippen LogP contribution in [0.4, 0.5) is 0 Å². The highest BCUT2D eigenvalue weighted by molar-refractivity contribution is 5.42. The zero-order valence-electron chi connectivity index (χ0n) is 14.5. The van der Waals surface area contributed by atoms with E-state index >= 15 is 0 Å². The Morgan fingerprint density at radius 3 is 2.48 bits per heavy atom. The first-order valence-corrected chi connectivity index (χ1v) is 8.41. The lowest BCUT2D eigenvalue weighted by molar-refractivity contribution is 0.739. The summed E-state index contributed by atoms with van der Waals surface area (Å²) in [7, 11) is 0. The summed E-state index contributed by atoms with van der Waals surface area (Å²) in [5.74, 6) is 2.61. The smallest absolute Gasteiger partial charge is 0.0576 e. The van der Waals surface area contributed by atoms with Crippen molar-refractivity contribution < 1.29 is 0 Å². The molecule has 0 atom stereocenters. The Morgan fingerprint density at radius 1 is 1.19 bits per heavy atom. The molecule has 1 aliphatic rings. The molecule has 0 aromatic carbocycles. The van der Waals surface area contributed by atoms with Gasteiger partial charge in [0, 0.05) is 17.6 Å². The molecular weight excluding hydrogens is 256 g/mol. The fourth-order valence-corrected chi connectivity index (χ4v) is 2.43. The van der Waals surface area contributed by atoms with Crippen molar-refractivity contribution in [1.29, 1.82) is 0 Å². The Balaban J connectivity index is 0.000000921. The van der Waals surface area contributed by atoms with E-state index in [2.05, 4.69) is 35.3 Å². The summed E-state index contributed by atoms with van der Waals surface area (Å²) in [5, 5.41) is 5.99. The molecule has 0 bridgehead atoms. The van der Waals surface area contributed by atoms with Crippen LogP contribution in [0.15, 0.2) is 0 Å². The van der Waals surface area contributed by atoms with Crippen LogP contribution in [0.5, 0.6) is 0 Å². The maximum absolute atomic E-state index is 5.25. The summed E-state index contributed by atoms with van der Waals surface area (Å²) in [5.41, 5.74) is 2.78. The first-order valence-electron chi connectivity index (χ1n) is 8.41. The fourth-order valence-electron chi connectivity index (χ4n) is 2.43. The number of hydrogen-bond donors (Lipinski definition) is 2. The van der Waals surface area contributed by atoms with Gasteiger partial charge in [-0.3, -0.25) is 0 Å². The molecule has 1 heterocycles. The van der Waals surface area contributed by atoms with Crippen molar-refractivity contribution in [2.24, 2.45) is 0 Å². The Hall–Kier alpha value is -1.46. The number of aromatic nitrogens is 1. The summed E-state index contributed by atoms with van der Waals surface area (Å²) in [6.45, 7) is 11.7. The SMILES string of the molecule is C#CCNCc1[nH]c2c(c1CCC)=CCCC=2.CC.CC. The van der Waals surface area contributed by atoms with E-state index in [0.717, 1.165) is 19.4 Å². The first kappa shape index (κ1) is 19.5. The second-order valence-corrected chi connectivity index (χ2v) is 4.45. The average Bonchev–Trinajstić information content (AvgIpc) is 2.90. The second-order valence-electron chi connectivity index (χ2n) is 4.45. The molecule has 0 spiro atoms. The first-order chi connectivity index (χ1) is 10.4. The largest absolute Gasteiger partial charge is 0.357 e. The maximum Gasteiger partial charge on any atom is 0.0576 e. The number of H-pyrrole nitrogens is 1. The molecular formula is C19H32N2. The zero-order valence-corrected chi connectivity index (χ0v) is 14.5. The lowest BCUT2D eigenvalue weighted by Crippen LogP contribution is -2.26. The van der Waals surface area contributed by atoms with Gasteiger partial charge < -0.3 is 10.3 Å². The molecule has 1 aromatic rings. The molecule has 1 aromatic heterocycles. The molecule has 0 saturated carbocycles. The van der Waals surface area contributed by atoms with Crippen LogP contribution in [0.3, 0.4) is 0 Å². The number of nitrogens with one attached hydrogen (secondary N) is 2. The Labute approximate surface area is 130 Å². The predicted molar refractivity (Wildman–Crippen MR) is 95.4 cm³/mol. The summed E-state index contributed by atoms with van der Waals surface area (Å²) in [4.78, 5) is 3.53. The minimum atomic E-state index is 0.628. The van der Waals surface area contributed by atoms with Gasteiger partial charge in [0.2, 0.25) is 0 Å². The van der Waals surface area contributed by atoms with Gasteiger partial charge in [0.25, 0.3) is 0 Å². The van der Waals surface area contributed by atoms with Crippen molar-refractivity contribution >= 4 is 12.2 Å². The van der Waals surface area contributed by atoms with Gasteiger partial charge in [0.05, 0.1) is 6.54 Å². The Bertz CT molecular complexity index is 529. The topological polar surface area (TPSA) is 27.8 Å². The van der Waals surface area contributed by atoms with Crippen molar-refractivity contribution in [3.05, 3.63) is 21.8 Å². The molecule has 2 nitrogen and oxygen atoms in total. The fraction of sp³-hybridized carbons (Fsp3) is 0.579. The van der Waals surface area contributed by atoms with Crippen LogP contribution >= 0.6 is 0 Å². The van der Waals surface area contributed by atoms with Crippen LogP contribution in [-0.2, 0) is 13.0 Å². The number of rotatable bonds is 5. The van der Waals surface area contributed by atoms with Crippen LogP contribution in [0.2, 0.25) is 0 Å². The molecule has 0 radical (unpaired) electrons. The van der Waals surface area contributed by atoms with Gasteiger partial charge in [-0.25, -0.2) is 0 Å². The minimum absolute atomic E-state index is 0.628. The van der Waals surface area contributed by atoms with Crippen molar-refractivity contribution in [1.82, 2.24) is 10.3 Å². The second kappa shape index (κ2) is 12.3.